The molecule has 23 heavy (non-hydrogen) atoms. The van der Waals surface area contributed by atoms with E-state index in [0.717, 1.165) is 5.56 Å². The van der Waals surface area contributed by atoms with Crippen LogP contribution < -0.4 is 15.2 Å². The Balaban J connectivity index is 2.26. The highest BCUT2D eigenvalue weighted by molar-refractivity contribution is 6.04. The van der Waals surface area contributed by atoms with Crippen LogP contribution in [0.25, 0.3) is 22.0 Å². The minimum absolute atomic E-state index is 0.252. The number of benzene rings is 2. The summed E-state index contributed by atoms with van der Waals surface area (Å²) in [5.74, 6) is 1.67. The fourth-order valence-corrected chi connectivity index (χ4v) is 2.47. The van der Waals surface area contributed by atoms with Crippen LogP contribution in [0.15, 0.2) is 47.6 Å². The zero-order chi connectivity index (χ0) is 16.4. The van der Waals surface area contributed by atoms with E-state index in [-0.39, 0.29) is 5.69 Å². The van der Waals surface area contributed by atoms with E-state index in [2.05, 4.69) is 10.2 Å². The van der Waals surface area contributed by atoms with Crippen LogP contribution in [0.2, 0.25) is 0 Å². The van der Waals surface area contributed by atoms with E-state index in [9.17, 15) is 4.91 Å². The average Bonchev–Trinajstić information content (AvgIpc) is 2.61. The smallest absolute Gasteiger partial charge is 0.142 e. The Morgan fingerprint density at radius 2 is 1.61 bits per heavy atom. The first-order chi connectivity index (χ1) is 11.2. The molecule has 0 atom stereocenters. The van der Waals surface area contributed by atoms with E-state index < -0.39 is 0 Å². The van der Waals surface area contributed by atoms with Crippen molar-refractivity contribution in [1.82, 2.24) is 4.98 Å². The van der Waals surface area contributed by atoms with Crippen molar-refractivity contribution >= 4 is 22.3 Å². The van der Waals surface area contributed by atoms with Gasteiger partial charge in [-0.05, 0) is 47.6 Å². The number of methoxy groups -OCH3 is 2. The summed E-state index contributed by atoms with van der Waals surface area (Å²) < 4.78 is 10.3. The molecule has 116 valence electrons. The molecule has 0 amide bonds. The van der Waals surface area contributed by atoms with Crippen molar-refractivity contribution in [3.05, 3.63) is 47.4 Å². The summed E-state index contributed by atoms with van der Waals surface area (Å²) in [7, 11) is 3.16. The van der Waals surface area contributed by atoms with Gasteiger partial charge in [-0.3, -0.25) is 0 Å². The van der Waals surface area contributed by atoms with Crippen molar-refractivity contribution in [3.63, 3.8) is 0 Å². The summed E-state index contributed by atoms with van der Waals surface area (Å²) in [6.45, 7) is 0. The zero-order valence-corrected chi connectivity index (χ0v) is 12.7. The van der Waals surface area contributed by atoms with Crippen LogP contribution in [0.4, 0.5) is 11.5 Å². The first kappa shape index (κ1) is 14.8. The van der Waals surface area contributed by atoms with Crippen molar-refractivity contribution in [3.8, 4) is 22.8 Å². The molecular weight excluding hydrogens is 294 g/mol. The predicted octanol–water partition coefficient (Wildman–Crippen LogP) is 3.90. The summed E-state index contributed by atoms with van der Waals surface area (Å²) >= 11 is 0. The van der Waals surface area contributed by atoms with Crippen molar-refractivity contribution in [1.29, 1.82) is 0 Å². The number of ether oxygens (including phenoxy) is 2. The third-order valence-corrected chi connectivity index (χ3v) is 3.67. The number of nitrogens with zero attached hydrogens (tertiary/aromatic N) is 2. The van der Waals surface area contributed by atoms with E-state index in [4.69, 9.17) is 15.2 Å². The Morgan fingerprint density at radius 1 is 0.957 bits per heavy atom. The van der Waals surface area contributed by atoms with Gasteiger partial charge in [0.2, 0.25) is 0 Å². The quantitative estimate of drug-likeness (QED) is 0.738. The van der Waals surface area contributed by atoms with Crippen LogP contribution >= 0.6 is 0 Å². The van der Waals surface area contributed by atoms with Crippen LogP contribution in [0, 0.1) is 4.91 Å². The number of nitrogen functional groups attached to an aromatic ring is 1. The molecule has 1 heterocycles. The van der Waals surface area contributed by atoms with Gasteiger partial charge in [-0.1, -0.05) is 0 Å². The molecule has 0 spiro atoms. The van der Waals surface area contributed by atoms with Crippen LogP contribution in [-0.4, -0.2) is 19.2 Å². The highest BCUT2D eigenvalue weighted by Gasteiger charge is 2.16. The topological polar surface area (TPSA) is 86.8 Å². The summed E-state index contributed by atoms with van der Waals surface area (Å²) in [5, 5.41) is 4.45. The molecule has 0 radical (unpaired) electrons. The molecule has 2 N–H and O–H groups in total. The van der Waals surface area contributed by atoms with E-state index in [1.807, 2.05) is 12.1 Å². The predicted molar refractivity (Wildman–Crippen MR) is 90.2 cm³/mol. The van der Waals surface area contributed by atoms with Crippen molar-refractivity contribution in [2.24, 2.45) is 5.18 Å². The number of hydrogen-bond acceptors (Lipinski definition) is 6. The third-order valence-electron chi connectivity index (χ3n) is 3.67. The summed E-state index contributed by atoms with van der Waals surface area (Å²) in [6.07, 6.45) is 0. The van der Waals surface area contributed by atoms with Gasteiger partial charge < -0.3 is 15.2 Å². The van der Waals surface area contributed by atoms with Gasteiger partial charge in [0.15, 0.2) is 0 Å². The van der Waals surface area contributed by atoms with Crippen LogP contribution in [0.1, 0.15) is 0 Å². The number of aromatic nitrogens is 1. The lowest BCUT2D eigenvalue weighted by Gasteiger charge is -2.11. The number of anilines is 1. The zero-order valence-electron chi connectivity index (χ0n) is 12.7. The first-order valence-corrected chi connectivity index (χ1v) is 6.93. The molecule has 2 aromatic carbocycles. The van der Waals surface area contributed by atoms with Gasteiger partial charge in [-0.15, -0.1) is 4.91 Å². The molecule has 0 fully saturated rings. The minimum atomic E-state index is 0.252. The highest BCUT2D eigenvalue weighted by Crippen LogP contribution is 2.39. The largest absolute Gasteiger partial charge is 0.497 e. The SMILES string of the molecule is COc1ccc(-c2nc(N)c3cc(OC)ccc3c2N=O)cc1. The summed E-state index contributed by atoms with van der Waals surface area (Å²) in [5.41, 5.74) is 7.50. The number of rotatable bonds is 4. The Labute approximate surface area is 132 Å². The molecule has 0 saturated carbocycles. The van der Waals surface area contributed by atoms with Gasteiger partial charge >= 0.3 is 0 Å². The molecule has 0 aliphatic carbocycles. The minimum Gasteiger partial charge on any atom is -0.497 e. The molecule has 0 saturated heterocycles. The monoisotopic (exact) mass is 309 g/mol. The molecule has 3 rings (SSSR count). The lowest BCUT2D eigenvalue weighted by Crippen LogP contribution is -1.96. The van der Waals surface area contributed by atoms with E-state index in [1.54, 1.807) is 44.6 Å². The van der Waals surface area contributed by atoms with Crippen molar-refractivity contribution in [2.75, 3.05) is 20.0 Å². The van der Waals surface area contributed by atoms with Crippen molar-refractivity contribution in [2.45, 2.75) is 0 Å². The fraction of sp³-hybridized carbons (Fsp3) is 0.118. The van der Waals surface area contributed by atoms with E-state index in [1.165, 1.54) is 0 Å². The maximum atomic E-state index is 11.4. The van der Waals surface area contributed by atoms with Crippen LogP contribution in [-0.2, 0) is 0 Å². The van der Waals surface area contributed by atoms with Gasteiger partial charge in [-0.25, -0.2) is 4.98 Å². The highest BCUT2D eigenvalue weighted by atomic mass is 16.5. The Morgan fingerprint density at radius 3 is 2.22 bits per heavy atom. The number of hydrogen-bond donors (Lipinski definition) is 1. The lowest BCUT2D eigenvalue weighted by molar-refractivity contribution is 0.415. The maximum Gasteiger partial charge on any atom is 0.142 e. The molecule has 0 aliphatic rings. The van der Waals surface area contributed by atoms with E-state index >= 15 is 0 Å². The Hall–Kier alpha value is -3.15. The Kier molecular flexibility index (Phi) is 3.80. The molecule has 1 aromatic heterocycles. The average molecular weight is 309 g/mol. The number of nitrogens with two attached hydrogens (primary N) is 1. The molecule has 6 heteroatoms. The molecule has 3 aromatic rings. The Bertz CT molecular complexity index is 876. The van der Waals surface area contributed by atoms with E-state index in [0.29, 0.717) is 33.8 Å². The summed E-state index contributed by atoms with van der Waals surface area (Å²) in [4.78, 5) is 15.8. The number of pyridine rings is 1. The second-order valence-corrected chi connectivity index (χ2v) is 4.93. The van der Waals surface area contributed by atoms with Crippen LogP contribution in [0.5, 0.6) is 11.5 Å². The molecule has 6 nitrogen and oxygen atoms in total. The second kappa shape index (κ2) is 5.92. The molecule has 0 bridgehead atoms. The standard InChI is InChI=1S/C17H15N3O3/c1-22-11-5-3-10(4-6-11)15-16(20-21)13-8-7-12(23-2)9-14(13)17(18)19-15/h3-9H,1-2H3,(H2,18,19). The van der Waals surface area contributed by atoms with Gasteiger partial charge in [0.25, 0.3) is 0 Å². The number of fused-ring (bicyclic) bond motifs is 1. The number of nitroso groups, excluding NO2 is 1. The second-order valence-electron chi connectivity index (χ2n) is 4.93. The molecular formula is C17H15N3O3. The van der Waals surface area contributed by atoms with Gasteiger partial charge in [0.05, 0.1) is 14.2 Å². The van der Waals surface area contributed by atoms with Gasteiger partial charge in [-0.2, -0.15) is 0 Å². The van der Waals surface area contributed by atoms with Crippen LogP contribution in [0.3, 0.4) is 0 Å². The molecule has 0 aliphatic heterocycles. The first-order valence-electron chi connectivity index (χ1n) is 6.93. The third kappa shape index (κ3) is 2.55. The summed E-state index contributed by atoms with van der Waals surface area (Å²) in [6, 6.07) is 12.5. The van der Waals surface area contributed by atoms with Crippen molar-refractivity contribution < 1.29 is 9.47 Å². The lowest BCUT2D eigenvalue weighted by atomic mass is 10.0. The van der Waals surface area contributed by atoms with Gasteiger partial charge in [0.1, 0.15) is 28.7 Å². The van der Waals surface area contributed by atoms with Gasteiger partial charge in [0, 0.05) is 16.3 Å². The molecule has 0 unspecified atom stereocenters. The fourth-order valence-electron chi connectivity index (χ4n) is 2.47. The normalized spacial score (nSPS) is 10.5. The maximum absolute atomic E-state index is 11.4.